The van der Waals surface area contributed by atoms with E-state index in [-0.39, 0.29) is 0 Å². The monoisotopic (exact) mass is 277 g/mol. The standard InChI is InChI=1S/C9H11N9S/c1-18-8-5(2-13-18)7(16-10)14-6(15-8)3-19-9-11-4-12-17-9/h2,4H,3,10H2,1H3,(H,11,12,17)(H,14,15,16). The van der Waals surface area contributed by atoms with Crippen molar-refractivity contribution in [2.75, 3.05) is 5.43 Å². The van der Waals surface area contributed by atoms with Crippen molar-refractivity contribution in [2.24, 2.45) is 12.9 Å². The van der Waals surface area contributed by atoms with E-state index in [0.29, 0.717) is 17.4 Å². The zero-order valence-corrected chi connectivity index (χ0v) is 10.8. The molecule has 0 saturated carbocycles. The molecule has 10 heteroatoms. The number of aromatic amines is 1. The van der Waals surface area contributed by atoms with Crippen molar-refractivity contribution < 1.29 is 0 Å². The molecule has 0 unspecified atom stereocenters. The summed E-state index contributed by atoms with van der Waals surface area (Å²) < 4.78 is 1.68. The van der Waals surface area contributed by atoms with Gasteiger partial charge in [0.1, 0.15) is 12.2 Å². The normalized spacial score (nSPS) is 11.1. The van der Waals surface area contributed by atoms with Crippen LogP contribution in [-0.4, -0.2) is 34.9 Å². The van der Waals surface area contributed by atoms with E-state index in [1.54, 1.807) is 10.9 Å². The summed E-state index contributed by atoms with van der Waals surface area (Å²) in [5, 5.41) is 12.2. The maximum Gasteiger partial charge on any atom is 0.183 e. The van der Waals surface area contributed by atoms with Crippen molar-refractivity contribution in [3.8, 4) is 0 Å². The van der Waals surface area contributed by atoms with E-state index in [9.17, 15) is 0 Å². The smallest absolute Gasteiger partial charge is 0.183 e. The van der Waals surface area contributed by atoms with Crippen LogP contribution in [0.15, 0.2) is 17.7 Å². The maximum absolute atomic E-state index is 5.47. The average molecular weight is 277 g/mol. The van der Waals surface area contributed by atoms with Gasteiger partial charge in [-0.25, -0.2) is 20.8 Å². The number of hydrogen-bond acceptors (Lipinski definition) is 8. The Bertz CT molecular complexity index is 689. The van der Waals surface area contributed by atoms with E-state index in [1.807, 2.05) is 7.05 Å². The summed E-state index contributed by atoms with van der Waals surface area (Å²) in [4.78, 5) is 12.8. The van der Waals surface area contributed by atoms with Gasteiger partial charge in [0.25, 0.3) is 0 Å². The molecule has 4 N–H and O–H groups in total. The lowest BCUT2D eigenvalue weighted by Crippen LogP contribution is -2.11. The van der Waals surface area contributed by atoms with Crippen LogP contribution in [0.2, 0.25) is 0 Å². The third-order valence-corrected chi connectivity index (χ3v) is 3.38. The number of aryl methyl sites for hydroxylation is 1. The Hall–Kier alpha value is -2.20. The summed E-state index contributed by atoms with van der Waals surface area (Å²) in [6.07, 6.45) is 3.14. The molecular weight excluding hydrogens is 266 g/mol. The van der Waals surface area contributed by atoms with E-state index >= 15 is 0 Å². The number of hydrazine groups is 1. The second-order valence-corrected chi connectivity index (χ2v) is 4.68. The van der Waals surface area contributed by atoms with E-state index in [4.69, 9.17) is 5.84 Å². The Morgan fingerprint density at radius 1 is 1.47 bits per heavy atom. The van der Waals surface area contributed by atoms with Gasteiger partial charge in [0.2, 0.25) is 0 Å². The van der Waals surface area contributed by atoms with Crippen LogP contribution in [0.25, 0.3) is 11.0 Å². The minimum absolute atomic E-state index is 0.561. The van der Waals surface area contributed by atoms with E-state index in [0.717, 1.165) is 16.2 Å². The first kappa shape index (κ1) is 11.9. The van der Waals surface area contributed by atoms with Gasteiger partial charge in [0.15, 0.2) is 16.6 Å². The predicted molar refractivity (Wildman–Crippen MR) is 70.1 cm³/mol. The molecule has 0 amide bonds. The number of nitrogen functional groups attached to an aromatic ring is 1. The lowest BCUT2D eigenvalue weighted by molar-refractivity contribution is 0.782. The van der Waals surface area contributed by atoms with Gasteiger partial charge in [0.05, 0.1) is 17.3 Å². The molecule has 0 radical (unpaired) electrons. The highest BCUT2D eigenvalue weighted by atomic mass is 32.2. The number of fused-ring (bicyclic) bond motifs is 1. The largest absolute Gasteiger partial charge is 0.308 e. The van der Waals surface area contributed by atoms with Crippen LogP contribution < -0.4 is 11.3 Å². The fourth-order valence-corrected chi connectivity index (χ4v) is 2.27. The molecule has 3 aromatic heterocycles. The molecule has 98 valence electrons. The molecule has 3 rings (SSSR count). The minimum atomic E-state index is 0.561. The molecule has 0 atom stereocenters. The number of nitrogens with zero attached hydrogens (tertiary/aromatic N) is 6. The first-order valence-corrected chi connectivity index (χ1v) is 6.40. The van der Waals surface area contributed by atoms with Crippen molar-refractivity contribution >= 4 is 28.6 Å². The van der Waals surface area contributed by atoms with Gasteiger partial charge >= 0.3 is 0 Å². The first-order valence-electron chi connectivity index (χ1n) is 5.41. The Kier molecular flexibility index (Phi) is 3.01. The maximum atomic E-state index is 5.47. The molecule has 0 aliphatic rings. The van der Waals surface area contributed by atoms with Crippen molar-refractivity contribution in [3.05, 3.63) is 18.3 Å². The van der Waals surface area contributed by atoms with Crippen LogP contribution >= 0.6 is 11.8 Å². The SMILES string of the molecule is Cn1ncc2c(NN)nc(CSc3ncn[nH]3)nc21. The summed E-state index contributed by atoms with van der Waals surface area (Å²) >= 11 is 1.46. The van der Waals surface area contributed by atoms with Crippen LogP contribution in [0, 0.1) is 0 Å². The topological polar surface area (TPSA) is 123 Å². The zero-order valence-electron chi connectivity index (χ0n) is 10.0. The fraction of sp³-hybridized carbons (Fsp3) is 0.222. The molecule has 0 bridgehead atoms. The molecule has 3 aromatic rings. The Balaban J connectivity index is 1.92. The van der Waals surface area contributed by atoms with Gasteiger partial charge in [-0.15, -0.1) is 0 Å². The minimum Gasteiger partial charge on any atom is -0.308 e. The van der Waals surface area contributed by atoms with Crippen LogP contribution in [0.1, 0.15) is 5.82 Å². The number of nitrogens with one attached hydrogen (secondary N) is 2. The predicted octanol–water partition coefficient (Wildman–Crippen LogP) is 0.0593. The van der Waals surface area contributed by atoms with Crippen molar-refractivity contribution in [1.82, 2.24) is 34.9 Å². The third kappa shape index (κ3) is 2.22. The lowest BCUT2D eigenvalue weighted by atomic mass is 10.4. The molecule has 0 aliphatic carbocycles. The van der Waals surface area contributed by atoms with Crippen molar-refractivity contribution in [2.45, 2.75) is 10.9 Å². The van der Waals surface area contributed by atoms with Crippen LogP contribution in [0.3, 0.4) is 0 Å². The summed E-state index contributed by atoms with van der Waals surface area (Å²) in [6.45, 7) is 0. The number of rotatable bonds is 4. The van der Waals surface area contributed by atoms with Crippen LogP contribution in [-0.2, 0) is 12.8 Å². The molecule has 0 spiro atoms. The van der Waals surface area contributed by atoms with Crippen molar-refractivity contribution in [1.29, 1.82) is 0 Å². The number of nitrogens with two attached hydrogens (primary N) is 1. The van der Waals surface area contributed by atoms with Gasteiger partial charge in [-0.1, -0.05) is 11.8 Å². The molecule has 0 aliphatic heterocycles. The highest BCUT2D eigenvalue weighted by Crippen LogP contribution is 2.22. The molecule has 3 heterocycles. The highest BCUT2D eigenvalue weighted by Gasteiger charge is 2.11. The van der Waals surface area contributed by atoms with Gasteiger partial charge in [-0.2, -0.15) is 10.2 Å². The quantitative estimate of drug-likeness (QED) is 0.347. The Morgan fingerprint density at radius 3 is 3.11 bits per heavy atom. The molecule has 9 nitrogen and oxygen atoms in total. The second-order valence-electron chi connectivity index (χ2n) is 3.72. The van der Waals surface area contributed by atoms with Gasteiger partial charge in [-0.3, -0.25) is 9.78 Å². The average Bonchev–Trinajstić information content (AvgIpc) is 3.06. The zero-order chi connectivity index (χ0) is 13.2. The van der Waals surface area contributed by atoms with E-state index in [2.05, 4.69) is 35.7 Å². The lowest BCUT2D eigenvalue weighted by Gasteiger charge is -2.04. The molecular formula is C9H11N9S. The number of aromatic nitrogens is 7. The summed E-state index contributed by atoms with van der Waals surface area (Å²) in [5.41, 5.74) is 3.30. The number of hydrogen-bond donors (Lipinski definition) is 3. The number of H-pyrrole nitrogens is 1. The van der Waals surface area contributed by atoms with Gasteiger partial charge in [0, 0.05) is 7.05 Å². The first-order chi connectivity index (χ1) is 9.28. The van der Waals surface area contributed by atoms with E-state index < -0.39 is 0 Å². The van der Waals surface area contributed by atoms with Crippen LogP contribution in [0.4, 0.5) is 5.82 Å². The van der Waals surface area contributed by atoms with Gasteiger partial charge < -0.3 is 5.43 Å². The molecule has 0 saturated heterocycles. The van der Waals surface area contributed by atoms with Gasteiger partial charge in [-0.05, 0) is 0 Å². The third-order valence-electron chi connectivity index (χ3n) is 2.51. The highest BCUT2D eigenvalue weighted by molar-refractivity contribution is 7.98. The second kappa shape index (κ2) is 4.82. The molecule has 0 aromatic carbocycles. The molecule has 0 fully saturated rings. The molecule has 19 heavy (non-hydrogen) atoms. The van der Waals surface area contributed by atoms with E-state index in [1.165, 1.54) is 18.1 Å². The summed E-state index contributed by atoms with van der Waals surface area (Å²) in [7, 11) is 1.82. The van der Waals surface area contributed by atoms with Crippen molar-refractivity contribution in [3.63, 3.8) is 0 Å². The Morgan fingerprint density at radius 2 is 2.37 bits per heavy atom. The number of thioether (sulfide) groups is 1. The summed E-state index contributed by atoms with van der Waals surface area (Å²) in [6, 6.07) is 0. The Labute approximate surface area is 112 Å². The fourth-order valence-electron chi connectivity index (χ4n) is 1.64. The summed E-state index contributed by atoms with van der Waals surface area (Å²) in [5.74, 6) is 7.24. The van der Waals surface area contributed by atoms with Crippen LogP contribution in [0.5, 0.6) is 0 Å². The number of anilines is 1.